The highest BCUT2D eigenvalue weighted by atomic mass is 19.3. The molecule has 0 saturated heterocycles. The fourth-order valence-corrected chi connectivity index (χ4v) is 2.40. The van der Waals surface area contributed by atoms with Crippen LogP contribution in [-0.4, -0.2) is 48.0 Å². The van der Waals surface area contributed by atoms with Gasteiger partial charge in [0.25, 0.3) is 0 Å². The largest absolute Gasteiger partial charge is 0.497 e. The van der Waals surface area contributed by atoms with Crippen molar-refractivity contribution >= 4 is 5.96 Å². The summed E-state index contributed by atoms with van der Waals surface area (Å²) < 4.78 is 36.8. The van der Waals surface area contributed by atoms with E-state index >= 15 is 0 Å². The Kier molecular flexibility index (Phi) is 8.27. The SMILES string of the molecule is CN=C(NCCCCn1cnnc1)NCc1cc(OC)ccc1OC(F)F. The quantitative estimate of drug-likeness (QED) is 0.372. The maximum Gasteiger partial charge on any atom is 0.387 e. The van der Waals surface area contributed by atoms with E-state index in [-0.39, 0.29) is 12.3 Å². The number of halogens is 2. The molecule has 0 amide bonds. The zero-order valence-electron chi connectivity index (χ0n) is 15.4. The molecular weight excluding hydrogens is 358 g/mol. The fraction of sp³-hybridized carbons (Fsp3) is 0.471. The number of aromatic nitrogens is 3. The molecule has 0 fully saturated rings. The Morgan fingerprint density at radius 3 is 2.67 bits per heavy atom. The van der Waals surface area contributed by atoms with Crippen LogP contribution in [0.1, 0.15) is 18.4 Å². The van der Waals surface area contributed by atoms with E-state index in [1.165, 1.54) is 13.2 Å². The Morgan fingerprint density at radius 1 is 1.22 bits per heavy atom. The standard InChI is InChI=1S/C17H24F2N6O2/c1-20-17(21-7-3-4-8-25-11-23-24-12-25)22-10-13-9-14(26-2)5-6-15(13)27-16(18)19/h5-6,9,11-12,16H,3-4,7-8,10H2,1-2H3,(H2,20,21,22). The Labute approximate surface area is 156 Å². The van der Waals surface area contributed by atoms with Crippen LogP contribution in [-0.2, 0) is 13.1 Å². The molecule has 0 aliphatic rings. The first kappa shape index (κ1) is 20.4. The molecule has 0 unspecified atom stereocenters. The lowest BCUT2D eigenvalue weighted by atomic mass is 10.2. The average molecular weight is 382 g/mol. The molecule has 2 rings (SSSR count). The number of nitrogens with one attached hydrogen (secondary N) is 2. The van der Waals surface area contributed by atoms with Crippen LogP contribution in [0.4, 0.5) is 8.78 Å². The molecule has 10 heteroatoms. The zero-order chi connectivity index (χ0) is 19.5. The molecular formula is C17H24F2N6O2. The molecule has 1 heterocycles. The Hall–Kier alpha value is -2.91. The fourth-order valence-electron chi connectivity index (χ4n) is 2.40. The molecule has 8 nitrogen and oxygen atoms in total. The minimum absolute atomic E-state index is 0.0997. The molecule has 1 aromatic carbocycles. The number of aryl methyl sites for hydroxylation is 1. The zero-order valence-corrected chi connectivity index (χ0v) is 15.4. The van der Waals surface area contributed by atoms with Crippen molar-refractivity contribution in [3.05, 3.63) is 36.4 Å². The van der Waals surface area contributed by atoms with Gasteiger partial charge in [0.2, 0.25) is 0 Å². The molecule has 2 aromatic rings. The summed E-state index contributed by atoms with van der Waals surface area (Å²) in [6, 6.07) is 4.68. The van der Waals surface area contributed by atoms with Crippen molar-refractivity contribution < 1.29 is 18.3 Å². The van der Waals surface area contributed by atoms with E-state index < -0.39 is 6.61 Å². The van der Waals surface area contributed by atoms with E-state index in [4.69, 9.17) is 4.74 Å². The van der Waals surface area contributed by atoms with Gasteiger partial charge in [-0.1, -0.05) is 0 Å². The molecule has 1 aromatic heterocycles. The van der Waals surface area contributed by atoms with Gasteiger partial charge >= 0.3 is 6.61 Å². The van der Waals surface area contributed by atoms with Gasteiger partial charge in [-0.2, -0.15) is 8.78 Å². The number of unbranched alkanes of at least 4 members (excludes halogenated alkanes) is 1. The number of hydrogen-bond acceptors (Lipinski definition) is 5. The first-order chi connectivity index (χ1) is 13.1. The second-order valence-electron chi connectivity index (χ2n) is 5.61. The second-order valence-corrected chi connectivity index (χ2v) is 5.61. The van der Waals surface area contributed by atoms with Crippen molar-refractivity contribution in [2.45, 2.75) is 32.5 Å². The molecule has 2 N–H and O–H groups in total. The first-order valence-electron chi connectivity index (χ1n) is 8.51. The summed E-state index contributed by atoms with van der Waals surface area (Å²) in [6.07, 6.45) is 5.25. The summed E-state index contributed by atoms with van der Waals surface area (Å²) in [5, 5.41) is 13.8. The highest BCUT2D eigenvalue weighted by Gasteiger charge is 2.11. The number of aliphatic imine (C=N–C) groups is 1. The van der Waals surface area contributed by atoms with E-state index in [2.05, 4.69) is 30.6 Å². The van der Waals surface area contributed by atoms with Crippen LogP contribution in [0.3, 0.4) is 0 Å². The number of alkyl halides is 2. The molecule has 148 valence electrons. The van der Waals surface area contributed by atoms with Gasteiger partial charge in [0.15, 0.2) is 5.96 Å². The van der Waals surface area contributed by atoms with Crippen molar-refractivity contribution in [2.24, 2.45) is 4.99 Å². The molecule has 0 saturated carbocycles. The maximum atomic E-state index is 12.6. The Bertz CT molecular complexity index is 709. The van der Waals surface area contributed by atoms with Gasteiger partial charge < -0.3 is 24.7 Å². The van der Waals surface area contributed by atoms with Crippen LogP contribution in [0, 0.1) is 0 Å². The number of rotatable bonds is 10. The lowest BCUT2D eigenvalue weighted by Gasteiger charge is -2.15. The van der Waals surface area contributed by atoms with E-state index in [0.29, 0.717) is 17.3 Å². The summed E-state index contributed by atoms with van der Waals surface area (Å²) in [7, 11) is 3.16. The minimum atomic E-state index is -2.89. The van der Waals surface area contributed by atoms with Crippen molar-refractivity contribution in [3.63, 3.8) is 0 Å². The number of ether oxygens (including phenoxy) is 2. The third-order valence-corrected chi connectivity index (χ3v) is 3.76. The normalized spacial score (nSPS) is 11.5. The number of methoxy groups -OCH3 is 1. The lowest BCUT2D eigenvalue weighted by Crippen LogP contribution is -2.37. The predicted molar refractivity (Wildman–Crippen MR) is 97.1 cm³/mol. The van der Waals surface area contributed by atoms with Crippen LogP contribution in [0.25, 0.3) is 0 Å². The maximum absolute atomic E-state index is 12.6. The smallest absolute Gasteiger partial charge is 0.387 e. The van der Waals surface area contributed by atoms with Gasteiger partial charge in [-0.15, -0.1) is 10.2 Å². The highest BCUT2D eigenvalue weighted by molar-refractivity contribution is 5.79. The van der Waals surface area contributed by atoms with Crippen molar-refractivity contribution in [1.82, 2.24) is 25.4 Å². The number of nitrogens with zero attached hydrogens (tertiary/aromatic N) is 4. The van der Waals surface area contributed by atoms with Gasteiger partial charge in [-0.25, -0.2) is 0 Å². The molecule has 0 atom stereocenters. The molecule has 0 aliphatic heterocycles. The van der Waals surface area contributed by atoms with Gasteiger partial charge in [0.1, 0.15) is 24.2 Å². The van der Waals surface area contributed by atoms with Crippen LogP contribution < -0.4 is 20.1 Å². The number of benzene rings is 1. The Morgan fingerprint density at radius 2 is 2.00 bits per heavy atom. The van der Waals surface area contributed by atoms with Gasteiger partial charge in [0, 0.05) is 32.2 Å². The van der Waals surface area contributed by atoms with Crippen molar-refractivity contribution in [2.75, 3.05) is 20.7 Å². The molecule has 0 radical (unpaired) electrons. The molecule has 0 spiro atoms. The van der Waals surface area contributed by atoms with Gasteiger partial charge in [-0.05, 0) is 31.0 Å². The minimum Gasteiger partial charge on any atom is -0.497 e. The molecule has 0 bridgehead atoms. The topological polar surface area (TPSA) is 85.6 Å². The van der Waals surface area contributed by atoms with Crippen LogP contribution in [0.15, 0.2) is 35.8 Å². The number of hydrogen-bond donors (Lipinski definition) is 2. The highest BCUT2D eigenvalue weighted by Crippen LogP contribution is 2.25. The van der Waals surface area contributed by atoms with Crippen molar-refractivity contribution in [3.8, 4) is 11.5 Å². The summed E-state index contributed by atoms with van der Waals surface area (Å²) in [4.78, 5) is 4.13. The van der Waals surface area contributed by atoms with E-state index in [1.807, 2.05) is 4.57 Å². The first-order valence-corrected chi connectivity index (χ1v) is 8.51. The summed E-state index contributed by atoms with van der Waals surface area (Å²) in [5.41, 5.74) is 0.546. The third-order valence-electron chi connectivity index (χ3n) is 3.76. The van der Waals surface area contributed by atoms with Crippen LogP contribution in [0.5, 0.6) is 11.5 Å². The van der Waals surface area contributed by atoms with Crippen LogP contribution >= 0.6 is 0 Å². The van der Waals surface area contributed by atoms with E-state index in [9.17, 15) is 8.78 Å². The number of guanidine groups is 1. The Balaban J connectivity index is 1.80. The van der Waals surface area contributed by atoms with E-state index in [1.54, 1.807) is 31.8 Å². The van der Waals surface area contributed by atoms with Gasteiger partial charge in [0.05, 0.1) is 7.11 Å². The molecule has 27 heavy (non-hydrogen) atoms. The van der Waals surface area contributed by atoms with E-state index in [0.717, 1.165) is 25.9 Å². The summed E-state index contributed by atoms with van der Waals surface area (Å²) in [6.45, 7) is -1.06. The third kappa shape index (κ3) is 7.08. The molecule has 0 aliphatic carbocycles. The van der Waals surface area contributed by atoms with Crippen LogP contribution in [0.2, 0.25) is 0 Å². The van der Waals surface area contributed by atoms with Gasteiger partial charge in [-0.3, -0.25) is 4.99 Å². The summed E-state index contributed by atoms with van der Waals surface area (Å²) in [5.74, 6) is 1.23. The lowest BCUT2D eigenvalue weighted by molar-refractivity contribution is -0.0504. The average Bonchev–Trinajstić information content (AvgIpc) is 3.18. The summed E-state index contributed by atoms with van der Waals surface area (Å²) >= 11 is 0. The second kappa shape index (κ2) is 10.9. The monoisotopic (exact) mass is 382 g/mol. The van der Waals surface area contributed by atoms with Crippen molar-refractivity contribution in [1.29, 1.82) is 0 Å². The predicted octanol–water partition coefficient (Wildman–Crippen LogP) is 2.03.